The molecule has 1 heterocycles. The molecule has 1 aliphatic rings. The summed E-state index contributed by atoms with van der Waals surface area (Å²) in [5.74, 6) is -1.45. The minimum Gasteiger partial charge on any atom is -0.354 e. The highest BCUT2D eigenvalue weighted by Crippen LogP contribution is 2.17. The smallest absolute Gasteiger partial charge is 0.246 e. The number of carbonyl (C=O) groups excluding carboxylic acids is 4. The van der Waals surface area contributed by atoms with Gasteiger partial charge >= 0.3 is 0 Å². The van der Waals surface area contributed by atoms with Crippen LogP contribution < -0.4 is 10.6 Å². The minimum absolute atomic E-state index is 0.171. The third-order valence-electron chi connectivity index (χ3n) is 5.31. The minimum atomic E-state index is -0.797. The first kappa shape index (κ1) is 26.1. The molecule has 1 saturated heterocycles. The van der Waals surface area contributed by atoms with E-state index in [-0.39, 0.29) is 23.6 Å². The maximum Gasteiger partial charge on any atom is 0.246 e. The zero-order valence-electron chi connectivity index (χ0n) is 19.4. The summed E-state index contributed by atoms with van der Waals surface area (Å²) in [5.41, 5.74) is 0. The second-order valence-electron chi connectivity index (χ2n) is 8.03. The van der Waals surface area contributed by atoms with E-state index >= 15 is 0 Å². The Kier molecular flexibility index (Phi) is 10.7. The molecule has 31 heavy (non-hydrogen) atoms. The van der Waals surface area contributed by atoms with E-state index in [2.05, 4.69) is 10.6 Å². The summed E-state index contributed by atoms with van der Waals surface area (Å²) in [5, 5.41) is 5.54. The fraction of sp³-hybridized carbons (Fsp3) is 0.565. The number of hydrogen-bond acceptors (Lipinski definition) is 4. The Morgan fingerprint density at radius 2 is 1.71 bits per heavy atom. The van der Waals surface area contributed by atoms with E-state index in [0.29, 0.717) is 19.4 Å². The molecular weight excluding hydrogens is 396 g/mol. The first-order valence-electron chi connectivity index (χ1n) is 10.7. The lowest BCUT2D eigenvalue weighted by molar-refractivity contribution is -0.150. The SMILES string of the molecule is C/C=C/C=C/C=C/C(=O)NC1CCCNC(=O)C(C)N(C)C(=O)C(C(C)C)N(C)C1=O. The van der Waals surface area contributed by atoms with Crippen molar-refractivity contribution in [2.75, 3.05) is 20.6 Å². The van der Waals surface area contributed by atoms with Crippen LogP contribution in [0.3, 0.4) is 0 Å². The van der Waals surface area contributed by atoms with Crippen molar-refractivity contribution >= 4 is 23.6 Å². The molecule has 4 amide bonds. The van der Waals surface area contributed by atoms with Gasteiger partial charge in [-0.1, -0.05) is 44.2 Å². The van der Waals surface area contributed by atoms with Crippen molar-refractivity contribution in [3.8, 4) is 0 Å². The standard InChI is InChI=1S/C23H36N4O4/c1-7-8-9-10-11-14-19(28)25-18-13-12-15-24-21(29)17(4)26(5)23(31)20(16(2)3)27(6)22(18)30/h7-11,14,16-18,20H,12-13,15H2,1-6H3,(H,24,29)(H,25,28)/b8-7+,10-9+,14-11+. The normalized spacial score (nSPS) is 24.7. The highest BCUT2D eigenvalue weighted by Gasteiger charge is 2.37. The number of carbonyl (C=O) groups is 4. The molecule has 8 heteroatoms. The highest BCUT2D eigenvalue weighted by molar-refractivity contribution is 5.96. The molecular formula is C23H36N4O4. The van der Waals surface area contributed by atoms with Crippen molar-refractivity contribution in [1.29, 1.82) is 0 Å². The Morgan fingerprint density at radius 3 is 2.32 bits per heavy atom. The maximum absolute atomic E-state index is 13.2. The fourth-order valence-electron chi connectivity index (χ4n) is 3.38. The number of hydrogen-bond donors (Lipinski definition) is 2. The van der Waals surface area contributed by atoms with Crippen LogP contribution in [0, 0.1) is 5.92 Å². The molecule has 0 aromatic heterocycles. The quantitative estimate of drug-likeness (QED) is 0.507. The molecule has 3 unspecified atom stereocenters. The molecule has 2 N–H and O–H groups in total. The summed E-state index contributed by atoms with van der Waals surface area (Å²) >= 11 is 0. The Balaban J connectivity index is 3.11. The van der Waals surface area contributed by atoms with E-state index < -0.39 is 24.0 Å². The molecule has 1 aliphatic heterocycles. The van der Waals surface area contributed by atoms with Crippen LogP contribution in [-0.2, 0) is 19.2 Å². The van der Waals surface area contributed by atoms with Gasteiger partial charge in [0.1, 0.15) is 18.1 Å². The number of nitrogens with one attached hydrogen (secondary N) is 2. The summed E-state index contributed by atoms with van der Waals surface area (Å²) < 4.78 is 0. The first-order valence-corrected chi connectivity index (χ1v) is 10.7. The van der Waals surface area contributed by atoms with Crippen molar-refractivity contribution in [2.24, 2.45) is 5.92 Å². The molecule has 1 rings (SSSR count). The van der Waals surface area contributed by atoms with E-state index in [1.54, 1.807) is 39.2 Å². The number of amides is 4. The lowest BCUT2D eigenvalue weighted by Gasteiger charge is -2.37. The molecule has 3 atom stereocenters. The van der Waals surface area contributed by atoms with Crippen molar-refractivity contribution in [3.63, 3.8) is 0 Å². The number of nitrogens with zero attached hydrogens (tertiary/aromatic N) is 2. The molecule has 0 bridgehead atoms. The third-order valence-corrected chi connectivity index (χ3v) is 5.31. The third kappa shape index (κ3) is 7.70. The zero-order chi connectivity index (χ0) is 23.6. The van der Waals surface area contributed by atoms with E-state index in [1.807, 2.05) is 32.9 Å². The molecule has 0 radical (unpaired) electrons. The van der Waals surface area contributed by atoms with Gasteiger partial charge in [-0.25, -0.2) is 0 Å². The predicted molar refractivity (Wildman–Crippen MR) is 121 cm³/mol. The van der Waals surface area contributed by atoms with E-state index in [9.17, 15) is 19.2 Å². The summed E-state index contributed by atoms with van der Waals surface area (Å²) in [6, 6.07) is -2.19. The Morgan fingerprint density at radius 1 is 1.06 bits per heavy atom. The molecule has 0 aliphatic carbocycles. The van der Waals surface area contributed by atoms with Crippen LogP contribution in [0.25, 0.3) is 0 Å². The van der Waals surface area contributed by atoms with Crippen molar-refractivity contribution in [1.82, 2.24) is 20.4 Å². The van der Waals surface area contributed by atoms with Crippen molar-refractivity contribution in [3.05, 3.63) is 36.5 Å². The van der Waals surface area contributed by atoms with Gasteiger partial charge in [0.2, 0.25) is 23.6 Å². The van der Waals surface area contributed by atoms with Crippen LogP contribution in [0.1, 0.15) is 40.5 Å². The van der Waals surface area contributed by atoms with Crippen LogP contribution in [0.15, 0.2) is 36.5 Å². The molecule has 0 aromatic carbocycles. The van der Waals surface area contributed by atoms with Gasteiger partial charge in [0, 0.05) is 26.7 Å². The van der Waals surface area contributed by atoms with Gasteiger partial charge in [0.25, 0.3) is 0 Å². The summed E-state index contributed by atoms with van der Waals surface area (Å²) in [7, 11) is 3.14. The Labute approximate surface area is 185 Å². The second-order valence-corrected chi connectivity index (χ2v) is 8.03. The molecule has 8 nitrogen and oxygen atoms in total. The van der Waals surface area contributed by atoms with Crippen molar-refractivity contribution < 1.29 is 19.2 Å². The van der Waals surface area contributed by atoms with E-state index in [0.717, 1.165) is 0 Å². The second kappa shape index (κ2) is 12.7. The van der Waals surface area contributed by atoms with Crippen LogP contribution >= 0.6 is 0 Å². The first-order chi connectivity index (χ1) is 14.6. The van der Waals surface area contributed by atoms with Gasteiger partial charge in [-0.15, -0.1) is 0 Å². The molecule has 0 saturated carbocycles. The highest BCUT2D eigenvalue weighted by atomic mass is 16.2. The molecule has 172 valence electrons. The van der Waals surface area contributed by atoms with Crippen molar-refractivity contribution in [2.45, 2.75) is 58.7 Å². The number of likely N-dealkylation sites (N-methyl/N-ethyl adjacent to an activating group) is 2. The maximum atomic E-state index is 13.2. The van der Waals surface area contributed by atoms with Crippen LogP contribution in [0.2, 0.25) is 0 Å². The monoisotopic (exact) mass is 432 g/mol. The van der Waals surface area contributed by atoms with Gasteiger partial charge in [-0.05, 0) is 32.6 Å². The average Bonchev–Trinajstić information content (AvgIpc) is 2.72. The Hall–Kier alpha value is -2.90. The van der Waals surface area contributed by atoms with Gasteiger partial charge in [-0.3, -0.25) is 19.2 Å². The average molecular weight is 433 g/mol. The van der Waals surface area contributed by atoms with Gasteiger partial charge in [0.05, 0.1) is 0 Å². The topological polar surface area (TPSA) is 98.8 Å². The molecule has 1 fully saturated rings. The largest absolute Gasteiger partial charge is 0.354 e. The predicted octanol–water partition coefficient (Wildman–Crippen LogP) is 1.40. The lowest BCUT2D eigenvalue weighted by Crippen LogP contribution is -2.59. The van der Waals surface area contributed by atoms with Gasteiger partial charge in [0.15, 0.2) is 0 Å². The Bertz CT molecular complexity index is 742. The van der Waals surface area contributed by atoms with Crippen LogP contribution in [0.4, 0.5) is 0 Å². The lowest BCUT2D eigenvalue weighted by atomic mass is 9.98. The summed E-state index contributed by atoms with van der Waals surface area (Å²) in [6.45, 7) is 7.61. The van der Waals surface area contributed by atoms with Gasteiger partial charge < -0.3 is 20.4 Å². The summed E-state index contributed by atoms with van der Waals surface area (Å²) in [4.78, 5) is 53.8. The zero-order valence-corrected chi connectivity index (χ0v) is 19.4. The number of rotatable bonds is 5. The number of allylic oxidation sites excluding steroid dienone is 5. The summed E-state index contributed by atoms with van der Waals surface area (Å²) in [6.07, 6.45) is 11.0. The van der Waals surface area contributed by atoms with E-state index in [1.165, 1.54) is 15.9 Å². The van der Waals surface area contributed by atoms with Crippen LogP contribution in [-0.4, -0.2) is 72.2 Å². The van der Waals surface area contributed by atoms with Crippen LogP contribution in [0.5, 0.6) is 0 Å². The van der Waals surface area contributed by atoms with Gasteiger partial charge in [-0.2, -0.15) is 0 Å². The molecule has 0 spiro atoms. The van der Waals surface area contributed by atoms with E-state index in [4.69, 9.17) is 0 Å². The fourth-order valence-corrected chi connectivity index (χ4v) is 3.38. The molecule has 0 aromatic rings.